The molecule has 19 nitrogen and oxygen atoms in total. The van der Waals surface area contributed by atoms with Crippen molar-refractivity contribution in [1.82, 2.24) is 29.1 Å². The van der Waals surface area contributed by atoms with Crippen LogP contribution in [-0.4, -0.2) is 101 Å². The zero-order chi connectivity index (χ0) is 31.8. The first-order valence-corrected chi connectivity index (χ1v) is 18.2. The summed E-state index contributed by atoms with van der Waals surface area (Å²) in [5.74, 6) is 0.0693. The molecule has 0 aliphatic carbocycles. The molecular formula is C23H29N8O11P2S+. The topological polar surface area (TPSA) is 267 Å². The molecule has 0 radical (unpaired) electrons. The van der Waals surface area contributed by atoms with Crippen molar-refractivity contribution in [3.05, 3.63) is 41.2 Å². The molecule has 4 aromatic rings. The van der Waals surface area contributed by atoms with E-state index in [4.69, 9.17) is 39.0 Å². The van der Waals surface area contributed by atoms with Crippen molar-refractivity contribution in [3.63, 3.8) is 0 Å². The van der Waals surface area contributed by atoms with Crippen molar-refractivity contribution in [3.8, 4) is 0 Å². The number of fused-ring (bicyclic) bond motifs is 5. The number of aromatic nitrogens is 6. The van der Waals surface area contributed by atoms with E-state index in [1.54, 1.807) is 18.9 Å². The highest BCUT2D eigenvalue weighted by Gasteiger charge is 2.56. The number of thiol groups is 1. The van der Waals surface area contributed by atoms with Crippen LogP contribution in [0.15, 0.2) is 35.6 Å². The highest BCUT2D eigenvalue weighted by atomic mass is 32.7. The summed E-state index contributed by atoms with van der Waals surface area (Å²) >= 11 is 4.62. The van der Waals surface area contributed by atoms with Gasteiger partial charge in [-0.2, -0.15) is 14.0 Å². The Kier molecular flexibility index (Phi) is 7.71. The molecular weight excluding hydrogens is 658 g/mol. The van der Waals surface area contributed by atoms with Crippen molar-refractivity contribution >= 4 is 60.8 Å². The van der Waals surface area contributed by atoms with Gasteiger partial charge < -0.3 is 45.2 Å². The molecule has 6 unspecified atom stereocenters. The Morgan fingerprint density at radius 3 is 2.51 bits per heavy atom. The van der Waals surface area contributed by atoms with E-state index in [0.29, 0.717) is 11.0 Å². The first-order chi connectivity index (χ1) is 21.3. The van der Waals surface area contributed by atoms with Crippen LogP contribution in [0.5, 0.6) is 0 Å². The number of nitrogens with zero attached hydrogens (tertiary/aromatic N) is 5. The van der Waals surface area contributed by atoms with Crippen LogP contribution in [0.2, 0.25) is 0 Å². The van der Waals surface area contributed by atoms with Gasteiger partial charge in [0.2, 0.25) is 5.95 Å². The number of phosphoric acid groups is 1. The average molecular weight is 688 g/mol. The number of ether oxygens (including phenoxy) is 2. The van der Waals surface area contributed by atoms with Crippen LogP contribution in [0.3, 0.4) is 0 Å². The van der Waals surface area contributed by atoms with Crippen molar-refractivity contribution in [2.75, 3.05) is 31.3 Å². The lowest BCUT2D eigenvalue weighted by Gasteiger charge is -2.26. The maximum atomic E-state index is 13.2. The fourth-order valence-electron chi connectivity index (χ4n) is 5.69. The van der Waals surface area contributed by atoms with Gasteiger partial charge in [-0.05, 0) is 12.1 Å². The maximum absolute atomic E-state index is 13.2. The first-order valence-electron chi connectivity index (χ1n) is 13.5. The molecule has 10 atom stereocenters. The van der Waals surface area contributed by atoms with Crippen molar-refractivity contribution in [2.45, 2.75) is 49.1 Å². The van der Waals surface area contributed by atoms with Gasteiger partial charge in [-0.15, -0.1) is 0 Å². The van der Waals surface area contributed by atoms with Crippen LogP contribution in [-0.2, 0) is 32.1 Å². The minimum Gasteiger partial charge on any atom is -0.387 e. The molecule has 4 aromatic heterocycles. The highest BCUT2D eigenvalue weighted by Crippen LogP contribution is 2.65. The molecule has 8 N–H and O–H groups in total. The highest BCUT2D eigenvalue weighted by molar-refractivity contribution is 8.49. The lowest BCUT2D eigenvalue weighted by Crippen LogP contribution is -2.36. The van der Waals surface area contributed by atoms with E-state index in [2.05, 4.69) is 32.2 Å². The van der Waals surface area contributed by atoms with Gasteiger partial charge in [-0.3, -0.25) is 18.8 Å². The summed E-state index contributed by atoms with van der Waals surface area (Å²) in [4.78, 5) is 37.9. The SMILES string of the molecule is C[P+]1(S)OC[C@H]2O[C@@H](n3ccc4c(N)ncnc43)C(O)C2OP(=O)(O)OC[C@H]2O[C@@H](n3ccc4c(=O)[nH]c(N)nc43)C(O1)C2O. The van der Waals surface area contributed by atoms with E-state index < -0.39 is 76.0 Å². The second kappa shape index (κ2) is 11.2. The summed E-state index contributed by atoms with van der Waals surface area (Å²) < 4.78 is 51.2. The molecule has 0 aromatic carbocycles. The van der Waals surface area contributed by atoms with Gasteiger partial charge in [-0.1, -0.05) is 0 Å². The summed E-state index contributed by atoms with van der Waals surface area (Å²) in [6.07, 6.45) is -5.79. The number of aliphatic hydroxyl groups excluding tert-OH is 2. The van der Waals surface area contributed by atoms with E-state index in [9.17, 15) is 24.5 Å². The summed E-state index contributed by atoms with van der Waals surface area (Å²) in [5.41, 5.74) is 11.7. The molecule has 3 aliphatic rings. The second-order valence-electron chi connectivity index (χ2n) is 10.7. The van der Waals surface area contributed by atoms with Crippen LogP contribution >= 0.6 is 27.0 Å². The lowest BCUT2D eigenvalue weighted by molar-refractivity contribution is -0.0607. The van der Waals surface area contributed by atoms with Crippen molar-refractivity contribution in [1.29, 1.82) is 0 Å². The van der Waals surface area contributed by atoms with E-state index in [1.807, 2.05) is 0 Å². The molecule has 3 aliphatic heterocycles. The molecule has 7 rings (SSSR count). The minimum absolute atomic E-state index is 0.144. The number of hydrogen-bond acceptors (Lipinski definition) is 16. The third kappa shape index (κ3) is 5.54. The van der Waals surface area contributed by atoms with Crippen molar-refractivity contribution < 1.29 is 47.2 Å². The predicted molar refractivity (Wildman–Crippen MR) is 160 cm³/mol. The van der Waals surface area contributed by atoms with Gasteiger partial charge in [-0.25, -0.2) is 14.5 Å². The number of H-pyrrole nitrogens is 1. The smallest absolute Gasteiger partial charge is 0.387 e. The maximum Gasteiger partial charge on any atom is 0.472 e. The molecule has 22 heteroatoms. The van der Waals surface area contributed by atoms with Crippen molar-refractivity contribution in [2.24, 2.45) is 0 Å². The largest absolute Gasteiger partial charge is 0.472 e. The van der Waals surface area contributed by atoms with Crippen LogP contribution < -0.4 is 17.0 Å². The Balaban J connectivity index is 1.20. The average Bonchev–Trinajstić information content (AvgIpc) is 3.72. The Labute approximate surface area is 258 Å². The zero-order valence-corrected chi connectivity index (χ0v) is 25.9. The number of hydrogen-bond donors (Lipinski definition) is 7. The molecule has 3 fully saturated rings. The fraction of sp³-hybridized carbons (Fsp3) is 0.478. The summed E-state index contributed by atoms with van der Waals surface area (Å²) in [5, 5.41) is 23.2. The Hall–Kier alpha value is -2.71. The molecule has 0 saturated carbocycles. The van der Waals surface area contributed by atoms with Crippen LogP contribution in [0.1, 0.15) is 12.5 Å². The summed E-state index contributed by atoms with van der Waals surface area (Å²) in [6.45, 7) is -2.52. The van der Waals surface area contributed by atoms with Gasteiger partial charge in [0.05, 0.1) is 29.6 Å². The zero-order valence-electron chi connectivity index (χ0n) is 23.3. The molecule has 0 amide bonds. The second-order valence-corrected chi connectivity index (χ2v) is 16.4. The number of anilines is 2. The molecule has 45 heavy (non-hydrogen) atoms. The lowest BCUT2D eigenvalue weighted by atomic mass is 10.1. The summed E-state index contributed by atoms with van der Waals surface area (Å²) in [7, 11) is -4.92. The van der Waals surface area contributed by atoms with E-state index in [1.165, 1.54) is 27.7 Å². The number of nitrogens with one attached hydrogen (secondary N) is 1. The van der Waals surface area contributed by atoms with Gasteiger partial charge in [0, 0.05) is 12.4 Å². The van der Waals surface area contributed by atoms with Gasteiger partial charge in [0.1, 0.15) is 61.6 Å². The molecule has 242 valence electrons. The quantitative estimate of drug-likeness (QED) is 0.109. The number of nitrogens with two attached hydrogens (primary N) is 2. The molecule has 0 spiro atoms. The van der Waals surface area contributed by atoms with E-state index in [-0.39, 0.29) is 29.4 Å². The number of nitrogen functional groups attached to an aromatic ring is 2. The number of aromatic amines is 1. The Morgan fingerprint density at radius 1 is 1.02 bits per heavy atom. The van der Waals surface area contributed by atoms with E-state index in [0.717, 1.165) is 0 Å². The van der Waals surface area contributed by atoms with Gasteiger partial charge >= 0.3 is 14.7 Å². The fourth-order valence-corrected chi connectivity index (χ4v) is 8.34. The summed E-state index contributed by atoms with van der Waals surface area (Å²) in [6, 6.07) is 3.13. The molecule has 3 saturated heterocycles. The Bertz CT molecular complexity index is 1870. The predicted octanol–water partition coefficient (Wildman–Crippen LogP) is 0.0903. The van der Waals surface area contributed by atoms with Crippen LogP contribution in [0.4, 0.5) is 11.8 Å². The normalized spacial score (nSPS) is 37.7. The standard InChI is InChI=1S/C23H28N8O11P2S/c1-43(45)37-7-12-15(14(33)21(40-12)30-4-2-9-17(24)26-8-27-18(9)30)42-44(35,36)38-6-11-13(32)16(41-43)22(39-11)31-5-3-10-19(31)28-23(25)29-20(10)34/h2-5,8,11-16,21-22,32-33,45H,6-7H2,1H3,(H5-,24,25,26,27,28,29,34,35,36)/p+1/t11-,12-,13?,14?,15?,16?,21-,22-,43?/m1/s1. The van der Waals surface area contributed by atoms with Gasteiger partial charge in [0.15, 0.2) is 24.2 Å². The third-order valence-electron chi connectivity index (χ3n) is 7.76. The number of aliphatic hydroxyl groups is 2. The number of rotatable bonds is 2. The third-order valence-corrected chi connectivity index (χ3v) is 10.6. The van der Waals surface area contributed by atoms with Crippen LogP contribution in [0, 0.1) is 0 Å². The molecule has 2 bridgehead atoms. The first kappa shape index (κ1) is 30.9. The Morgan fingerprint density at radius 2 is 1.73 bits per heavy atom. The molecule has 7 heterocycles. The van der Waals surface area contributed by atoms with Crippen LogP contribution in [0.25, 0.3) is 22.1 Å². The minimum atomic E-state index is -4.92. The number of phosphoric ester groups is 1. The monoisotopic (exact) mass is 687 g/mol. The van der Waals surface area contributed by atoms with E-state index >= 15 is 0 Å². The van der Waals surface area contributed by atoms with Gasteiger partial charge in [0.25, 0.3) is 5.56 Å².